The number of carbonyl (C=O) groups excluding carboxylic acids is 1. The lowest BCUT2D eigenvalue weighted by atomic mass is 9.90. The fourth-order valence-electron chi connectivity index (χ4n) is 4.56. The number of nitrogens with one attached hydrogen (secondary N) is 2. The highest BCUT2D eigenvalue weighted by Crippen LogP contribution is 2.27. The molecule has 8 heteroatoms. The lowest BCUT2D eigenvalue weighted by Crippen LogP contribution is -2.43. The van der Waals surface area contributed by atoms with Crippen LogP contribution in [0.1, 0.15) is 23.1 Å². The number of methoxy groups -OCH3 is 2. The molecule has 2 N–H and O–H groups in total. The zero-order valence-electron chi connectivity index (χ0n) is 20.5. The van der Waals surface area contributed by atoms with Crippen molar-refractivity contribution in [3.8, 4) is 11.5 Å². The summed E-state index contributed by atoms with van der Waals surface area (Å²) in [4.78, 5) is 14.8. The third kappa shape index (κ3) is 6.73. The fourth-order valence-corrected chi connectivity index (χ4v) is 4.56. The summed E-state index contributed by atoms with van der Waals surface area (Å²) >= 11 is 0. The molecule has 1 heterocycles. The molecule has 190 valence electrons. The molecule has 0 aliphatic carbocycles. The maximum atomic E-state index is 13.8. The first-order valence-electron chi connectivity index (χ1n) is 12.0. The number of urea groups is 1. The Labute approximate surface area is 210 Å². The standard InChI is InChI=1S/C28H31F2N3O3/c1-35-26-15-24(16-27(17-26)36-2)32-28(34)31-10-3-11-33-18-20-6-9-23(30)13-21(20)14-25(33)12-19-4-7-22(29)8-5-19/h4-9,13,15-17,25H,3,10-12,14,18H2,1-2H3,(H2,31,32,34). The highest BCUT2D eigenvalue weighted by atomic mass is 19.1. The number of carbonyl (C=O) groups is 1. The largest absolute Gasteiger partial charge is 0.497 e. The van der Waals surface area contributed by atoms with E-state index in [2.05, 4.69) is 15.5 Å². The molecule has 1 atom stereocenters. The minimum atomic E-state index is -0.312. The molecule has 3 aromatic carbocycles. The van der Waals surface area contributed by atoms with Gasteiger partial charge in [0.1, 0.15) is 23.1 Å². The van der Waals surface area contributed by atoms with Gasteiger partial charge in [0.25, 0.3) is 0 Å². The second-order valence-corrected chi connectivity index (χ2v) is 8.91. The molecule has 0 fully saturated rings. The van der Waals surface area contributed by atoms with Gasteiger partial charge in [0.15, 0.2) is 0 Å². The van der Waals surface area contributed by atoms with Gasteiger partial charge in [-0.05, 0) is 60.2 Å². The fraction of sp³-hybridized carbons (Fsp3) is 0.321. The van der Waals surface area contributed by atoms with E-state index in [1.807, 2.05) is 6.07 Å². The molecule has 2 amide bonds. The highest BCUT2D eigenvalue weighted by Gasteiger charge is 2.26. The van der Waals surface area contributed by atoms with Crippen molar-refractivity contribution in [1.82, 2.24) is 10.2 Å². The van der Waals surface area contributed by atoms with E-state index in [-0.39, 0.29) is 23.7 Å². The molecule has 4 rings (SSSR count). The van der Waals surface area contributed by atoms with E-state index in [0.717, 1.165) is 42.5 Å². The predicted octanol–water partition coefficient (Wildman–Crippen LogP) is 5.16. The van der Waals surface area contributed by atoms with Crippen LogP contribution < -0.4 is 20.1 Å². The van der Waals surface area contributed by atoms with Crippen LogP contribution in [-0.4, -0.2) is 44.3 Å². The van der Waals surface area contributed by atoms with Crippen LogP contribution in [-0.2, 0) is 19.4 Å². The number of rotatable bonds is 9. The Kier molecular flexibility index (Phi) is 8.38. The summed E-state index contributed by atoms with van der Waals surface area (Å²) in [6.07, 6.45) is 2.20. The molecule has 0 saturated carbocycles. The van der Waals surface area contributed by atoms with Crippen molar-refractivity contribution in [2.75, 3.05) is 32.6 Å². The summed E-state index contributed by atoms with van der Waals surface area (Å²) in [7, 11) is 3.11. The molecule has 0 aromatic heterocycles. The van der Waals surface area contributed by atoms with Crippen LogP contribution in [0.4, 0.5) is 19.3 Å². The number of halogens is 2. The van der Waals surface area contributed by atoms with Gasteiger partial charge in [0.2, 0.25) is 0 Å². The first kappa shape index (κ1) is 25.4. The van der Waals surface area contributed by atoms with Gasteiger partial charge in [-0.25, -0.2) is 13.6 Å². The van der Waals surface area contributed by atoms with Crippen LogP contribution in [0, 0.1) is 11.6 Å². The normalized spacial score (nSPS) is 15.2. The number of benzene rings is 3. The van der Waals surface area contributed by atoms with Crippen LogP contribution in [0.2, 0.25) is 0 Å². The number of hydrogen-bond donors (Lipinski definition) is 2. The SMILES string of the molecule is COc1cc(NC(=O)NCCCN2Cc3ccc(F)cc3CC2Cc2ccc(F)cc2)cc(OC)c1. The Morgan fingerprint density at radius 2 is 1.64 bits per heavy atom. The summed E-state index contributed by atoms with van der Waals surface area (Å²) in [6, 6.07) is 16.5. The van der Waals surface area contributed by atoms with E-state index in [9.17, 15) is 13.6 Å². The maximum absolute atomic E-state index is 13.8. The quantitative estimate of drug-likeness (QED) is 0.403. The third-order valence-electron chi connectivity index (χ3n) is 6.42. The summed E-state index contributed by atoms with van der Waals surface area (Å²) < 4.78 is 37.7. The number of ether oxygens (including phenoxy) is 2. The van der Waals surface area contributed by atoms with Gasteiger partial charge in [-0.2, -0.15) is 0 Å². The van der Waals surface area contributed by atoms with Crippen LogP contribution in [0.25, 0.3) is 0 Å². The van der Waals surface area contributed by atoms with Gasteiger partial charge < -0.3 is 20.1 Å². The molecule has 0 radical (unpaired) electrons. The zero-order chi connectivity index (χ0) is 25.5. The second kappa shape index (κ2) is 11.9. The van der Waals surface area contributed by atoms with Crippen LogP contribution in [0.15, 0.2) is 60.7 Å². The summed E-state index contributed by atoms with van der Waals surface area (Å²) in [5.41, 5.74) is 3.74. The van der Waals surface area contributed by atoms with Gasteiger partial charge in [-0.3, -0.25) is 4.90 Å². The smallest absolute Gasteiger partial charge is 0.319 e. The number of anilines is 1. The maximum Gasteiger partial charge on any atom is 0.319 e. The Balaban J connectivity index is 1.34. The molecule has 1 aliphatic heterocycles. The first-order valence-corrected chi connectivity index (χ1v) is 12.0. The minimum Gasteiger partial charge on any atom is -0.497 e. The predicted molar refractivity (Wildman–Crippen MR) is 136 cm³/mol. The average molecular weight is 496 g/mol. The zero-order valence-corrected chi connectivity index (χ0v) is 20.5. The molecule has 1 aliphatic rings. The Hall–Kier alpha value is -3.65. The van der Waals surface area contributed by atoms with Gasteiger partial charge >= 0.3 is 6.03 Å². The Morgan fingerprint density at radius 1 is 0.944 bits per heavy atom. The lowest BCUT2D eigenvalue weighted by Gasteiger charge is -2.37. The monoisotopic (exact) mass is 495 g/mol. The van der Waals surface area contributed by atoms with Gasteiger partial charge in [0, 0.05) is 49.6 Å². The Morgan fingerprint density at radius 3 is 2.33 bits per heavy atom. The van der Waals surface area contributed by atoms with E-state index in [4.69, 9.17) is 9.47 Å². The van der Waals surface area contributed by atoms with Crippen molar-refractivity contribution < 1.29 is 23.0 Å². The molecular formula is C28H31F2N3O3. The number of amides is 2. The topological polar surface area (TPSA) is 62.8 Å². The summed E-state index contributed by atoms with van der Waals surface area (Å²) in [5, 5.41) is 5.70. The number of fused-ring (bicyclic) bond motifs is 1. The molecule has 1 unspecified atom stereocenters. The van der Waals surface area contributed by atoms with E-state index in [1.165, 1.54) is 18.2 Å². The summed E-state index contributed by atoms with van der Waals surface area (Å²) in [6.45, 7) is 1.95. The van der Waals surface area contributed by atoms with Crippen molar-refractivity contribution in [2.45, 2.75) is 31.8 Å². The molecule has 3 aromatic rings. The van der Waals surface area contributed by atoms with E-state index >= 15 is 0 Å². The molecule has 0 bridgehead atoms. The molecular weight excluding hydrogens is 464 g/mol. The lowest BCUT2D eigenvalue weighted by molar-refractivity contribution is 0.167. The molecule has 36 heavy (non-hydrogen) atoms. The van der Waals surface area contributed by atoms with Crippen molar-refractivity contribution in [3.05, 3.63) is 89.0 Å². The van der Waals surface area contributed by atoms with Crippen molar-refractivity contribution in [1.29, 1.82) is 0 Å². The van der Waals surface area contributed by atoms with Gasteiger partial charge in [0.05, 0.1) is 14.2 Å². The van der Waals surface area contributed by atoms with E-state index in [1.54, 1.807) is 50.6 Å². The number of nitrogens with zero attached hydrogens (tertiary/aromatic N) is 1. The number of hydrogen-bond acceptors (Lipinski definition) is 4. The Bertz CT molecular complexity index is 1160. The average Bonchev–Trinajstić information content (AvgIpc) is 2.87. The van der Waals surface area contributed by atoms with E-state index in [0.29, 0.717) is 30.3 Å². The first-order chi connectivity index (χ1) is 17.4. The van der Waals surface area contributed by atoms with Crippen LogP contribution >= 0.6 is 0 Å². The summed E-state index contributed by atoms with van der Waals surface area (Å²) in [5.74, 6) is 0.680. The second-order valence-electron chi connectivity index (χ2n) is 8.91. The minimum absolute atomic E-state index is 0.155. The molecule has 6 nitrogen and oxygen atoms in total. The van der Waals surface area contributed by atoms with Crippen molar-refractivity contribution in [2.24, 2.45) is 0 Å². The van der Waals surface area contributed by atoms with Gasteiger partial charge in [-0.15, -0.1) is 0 Å². The molecule has 0 saturated heterocycles. The van der Waals surface area contributed by atoms with Crippen LogP contribution in [0.5, 0.6) is 11.5 Å². The van der Waals surface area contributed by atoms with Crippen LogP contribution in [0.3, 0.4) is 0 Å². The van der Waals surface area contributed by atoms with Gasteiger partial charge in [-0.1, -0.05) is 18.2 Å². The van der Waals surface area contributed by atoms with E-state index < -0.39 is 0 Å². The molecule has 0 spiro atoms. The third-order valence-corrected chi connectivity index (χ3v) is 6.42. The highest BCUT2D eigenvalue weighted by molar-refractivity contribution is 5.89. The van der Waals surface area contributed by atoms with Crippen molar-refractivity contribution >= 4 is 11.7 Å². The van der Waals surface area contributed by atoms with Crippen molar-refractivity contribution in [3.63, 3.8) is 0 Å².